The summed E-state index contributed by atoms with van der Waals surface area (Å²) in [7, 11) is 1.82. The number of carbonyl (C=O) groups is 1. The topological polar surface area (TPSA) is 111 Å². The Balaban J connectivity index is 1.55. The van der Waals surface area contributed by atoms with Gasteiger partial charge in [-0.25, -0.2) is 4.68 Å². The van der Waals surface area contributed by atoms with Crippen LogP contribution in [0.3, 0.4) is 0 Å². The molecular formula is C11H15N7O2. The van der Waals surface area contributed by atoms with Crippen LogP contribution in [0.1, 0.15) is 30.3 Å². The number of carbonyl (C=O) groups excluding carboxylic acids is 1. The van der Waals surface area contributed by atoms with E-state index in [0.717, 1.165) is 18.5 Å². The summed E-state index contributed by atoms with van der Waals surface area (Å²) in [5.74, 6) is 0.682. The van der Waals surface area contributed by atoms with Crippen LogP contribution in [-0.2, 0) is 17.9 Å². The molecule has 1 amide bonds. The Morgan fingerprint density at radius 1 is 1.45 bits per heavy atom. The van der Waals surface area contributed by atoms with E-state index in [2.05, 4.69) is 31.1 Å². The van der Waals surface area contributed by atoms with Crippen LogP contribution in [0.25, 0.3) is 0 Å². The average molecular weight is 277 g/mol. The van der Waals surface area contributed by atoms with Gasteiger partial charge in [-0.1, -0.05) is 10.3 Å². The Morgan fingerprint density at radius 2 is 2.30 bits per heavy atom. The van der Waals surface area contributed by atoms with Gasteiger partial charge < -0.3 is 9.73 Å². The molecule has 0 atom stereocenters. The van der Waals surface area contributed by atoms with Crippen molar-refractivity contribution < 1.29 is 9.21 Å². The lowest BCUT2D eigenvalue weighted by Gasteiger charge is -1.99. The smallest absolute Gasteiger partial charge is 0.322 e. The SMILES string of the molecule is CNCc1cn(CC(=O)Nc2nnc(C3CC3)o2)nn1. The number of nitrogens with one attached hydrogen (secondary N) is 2. The molecule has 1 aliphatic carbocycles. The lowest BCUT2D eigenvalue weighted by atomic mass is 10.4. The summed E-state index contributed by atoms with van der Waals surface area (Å²) in [6.07, 6.45) is 3.85. The zero-order valence-corrected chi connectivity index (χ0v) is 11.0. The quantitative estimate of drug-likeness (QED) is 0.758. The average Bonchev–Trinajstić information content (AvgIpc) is 3.02. The molecule has 0 bridgehead atoms. The standard InChI is InChI=1S/C11H15N7O2/c1-12-4-8-5-18(17-14-8)6-9(19)13-11-16-15-10(20-11)7-2-3-7/h5,7,12H,2-4,6H2,1H3,(H,13,16,19). The molecule has 20 heavy (non-hydrogen) atoms. The first-order valence-corrected chi connectivity index (χ1v) is 6.41. The van der Waals surface area contributed by atoms with Crippen LogP contribution in [-0.4, -0.2) is 38.1 Å². The Morgan fingerprint density at radius 3 is 3.05 bits per heavy atom. The Hall–Kier alpha value is -2.29. The molecule has 3 rings (SSSR count). The maximum Gasteiger partial charge on any atom is 0.322 e. The van der Waals surface area contributed by atoms with Gasteiger partial charge in [0, 0.05) is 12.5 Å². The first-order valence-electron chi connectivity index (χ1n) is 6.41. The highest BCUT2D eigenvalue weighted by Crippen LogP contribution is 2.39. The molecule has 0 saturated heterocycles. The maximum absolute atomic E-state index is 11.8. The molecule has 2 aromatic rings. The molecule has 0 spiro atoms. The van der Waals surface area contributed by atoms with E-state index in [-0.39, 0.29) is 18.5 Å². The van der Waals surface area contributed by atoms with Crippen LogP contribution < -0.4 is 10.6 Å². The predicted octanol–water partition coefficient (Wildman–Crippen LogP) is -0.103. The lowest BCUT2D eigenvalue weighted by Crippen LogP contribution is -2.19. The van der Waals surface area contributed by atoms with E-state index >= 15 is 0 Å². The van der Waals surface area contributed by atoms with Gasteiger partial charge in [-0.3, -0.25) is 10.1 Å². The molecule has 0 unspecified atom stereocenters. The number of nitrogens with zero attached hydrogens (tertiary/aromatic N) is 5. The Labute approximate surface area is 114 Å². The lowest BCUT2D eigenvalue weighted by molar-refractivity contribution is -0.117. The summed E-state index contributed by atoms with van der Waals surface area (Å²) in [4.78, 5) is 11.8. The van der Waals surface area contributed by atoms with Gasteiger partial charge >= 0.3 is 6.01 Å². The van der Waals surface area contributed by atoms with Crippen molar-refractivity contribution in [1.29, 1.82) is 0 Å². The fourth-order valence-corrected chi connectivity index (χ4v) is 1.76. The zero-order chi connectivity index (χ0) is 13.9. The normalized spacial score (nSPS) is 14.4. The van der Waals surface area contributed by atoms with Crippen molar-refractivity contribution in [3.63, 3.8) is 0 Å². The van der Waals surface area contributed by atoms with Gasteiger partial charge in [0.25, 0.3) is 0 Å². The third-order valence-corrected chi connectivity index (χ3v) is 2.86. The monoisotopic (exact) mass is 277 g/mol. The maximum atomic E-state index is 11.8. The van der Waals surface area contributed by atoms with Gasteiger partial charge in [0.05, 0.1) is 11.9 Å². The molecule has 0 radical (unpaired) electrons. The first-order chi connectivity index (χ1) is 9.74. The third-order valence-electron chi connectivity index (χ3n) is 2.86. The number of rotatable bonds is 6. The fourth-order valence-electron chi connectivity index (χ4n) is 1.76. The largest absolute Gasteiger partial charge is 0.408 e. The molecule has 1 aliphatic rings. The minimum Gasteiger partial charge on any atom is -0.408 e. The van der Waals surface area contributed by atoms with Crippen molar-refractivity contribution in [2.45, 2.75) is 31.8 Å². The van der Waals surface area contributed by atoms with Crippen molar-refractivity contribution in [2.75, 3.05) is 12.4 Å². The van der Waals surface area contributed by atoms with Gasteiger partial charge in [0.15, 0.2) is 0 Å². The van der Waals surface area contributed by atoms with E-state index in [4.69, 9.17) is 4.42 Å². The summed E-state index contributed by atoms with van der Waals surface area (Å²) in [6, 6.07) is 0.132. The second kappa shape index (κ2) is 5.37. The van der Waals surface area contributed by atoms with Crippen LogP contribution >= 0.6 is 0 Å². The van der Waals surface area contributed by atoms with Crippen LogP contribution in [0.5, 0.6) is 0 Å². The second-order valence-electron chi connectivity index (χ2n) is 4.71. The third kappa shape index (κ3) is 2.99. The number of hydrogen-bond donors (Lipinski definition) is 2. The van der Waals surface area contributed by atoms with Gasteiger partial charge in [-0.05, 0) is 19.9 Å². The highest BCUT2D eigenvalue weighted by Gasteiger charge is 2.29. The molecule has 2 heterocycles. The molecule has 9 nitrogen and oxygen atoms in total. The van der Waals surface area contributed by atoms with Crippen molar-refractivity contribution in [1.82, 2.24) is 30.5 Å². The Bertz CT molecular complexity index is 601. The fraction of sp³-hybridized carbons (Fsp3) is 0.545. The summed E-state index contributed by atoms with van der Waals surface area (Å²) < 4.78 is 6.81. The van der Waals surface area contributed by atoms with Crippen molar-refractivity contribution in [3.8, 4) is 0 Å². The van der Waals surface area contributed by atoms with Gasteiger partial charge in [-0.2, -0.15) is 0 Å². The van der Waals surface area contributed by atoms with E-state index in [1.54, 1.807) is 6.20 Å². The first kappa shape index (κ1) is 12.7. The van der Waals surface area contributed by atoms with E-state index in [0.29, 0.717) is 18.4 Å². The van der Waals surface area contributed by atoms with Crippen molar-refractivity contribution in [3.05, 3.63) is 17.8 Å². The van der Waals surface area contributed by atoms with Crippen molar-refractivity contribution >= 4 is 11.9 Å². The molecule has 0 aliphatic heterocycles. The van der Waals surface area contributed by atoms with Gasteiger partial charge in [-0.15, -0.1) is 10.2 Å². The van der Waals surface area contributed by atoms with Crippen LogP contribution in [0.15, 0.2) is 10.6 Å². The minimum atomic E-state index is -0.281. The van der Waals surface area contributed by atoms with Gasteiger partial charge in [0.2, 0.25) is 11.8 Å². The predicted molar refractivity (Wildman–Crippen MR) is 67.7 cm³/mol. The number of anilines is 1. The molecule has 0 aromatic carbocycles. The summed E-state index contributed by atoms with van der Waals surface area (Å²) in [5, 5.41) is 21.0. The molecule has 2 N–H and O–H groups in total. The molecule has 1 fully saturated rings. The molecule has 2 aromatic heterocycles. The molecule has 9 heteroatoms. The van der Waals surface area contributed by atoms with Crippen LogP contribution in [0.2, 0.25) is 0 Å². The number of amides is 1. The van der Waals surface area contributed by atoms with Gasteiger partial charge in [0.1, 0.15) is 6.54 Å². The summed E-state index contributed by atoms with van der Waals surface area (Å²) in [5.41, 5.74) is 0.772. The summed E-state index contributed by atoms with van der Waals surface area (Å²) in [6.45, 7) is 0.661. The zero-order valence-electron chi connectivity index (χ0n) is 11.0. The van der Waals surface area contributed by atoms with E-state index in [1.165, 1.54) is 4.68 Å². The van der Waals surface area contributed by atoms with E-state index in [9.17, 15) is 4.79 Å². The van der Waals surface area contributed by atoms with Crippen LogP contribution in [0, 0.1) is 0 Å². The highest BCUT2D eigenvalue weighted by atomic mass is 16.4. The highest BCUT2D eigenvalue weighted by molar-refractivity contribution is 5.88. The van der Waals surface area contributed by atoms with E-state index < -0.39 is 0 Å². The molecule has 1 saturated carbocycles. The van der Waals surface area contributed by atoms with Crippen LogP contribution in [0.4, 0.5) is 6.01 Å². The summed E-state index contributed by atoms with van der Waals surface area (Å²) >= 11 is 0. The minimum absolute atomic E-state index is 0.0534. The number of hydrogen-bond acceptors (Lipinski definition) is 7. The molecular weight excluding hydrogens is 262 g/mol. The second-order valence-corrected chi connectivity index (χ2v) is 4.71. The molecule has 106 valence electrons. The van der Waals surface area contributed by atoms with E-state index in [1.807, 2.05) is 7.05 Å². The number of aromatic nitrogens is 5. The Kier molecular flexibility index (Phi) is 3.42. The van der Waals surface area contributed by atoms with Crippen molar-refractivity contribution in [2.24, 2.45) is 0 Å².